The molecule has 0 aliphatic carbocycles. The monoisotopic (exact) mass is 261 g/mol. The minimum atomic E-state index is 0.0529. The molecule has 1 aliphatic heterocycles. The number of nitrogens with two attached hydrogens (primary N) is 1. The van der Waals surface area contributed by atoms with Gasteiger partial charge in [-0.25, -0.2) is 0 Å². The largest absolute Gasteiger partial charge is 0.367 e. The Morgan fingerprint density at radius 3 is 2.95 bits per heavy atom. The first-order chi connectivity index (χ1) is 9.26. The first kappa shape index (κ1) is 13.9. The second-order valence-corrected chi connectivity index (χ2v) is 5.05. The molecule has 1 aromatic rings. The predicted molar refractivity (Wildman–Crippen MR) is 78.3 cm³/mol. The maximum Gasteiger partial charge on any atom is 0.221 e. The highest BCUT2D eigenvalue weighted by Crippen LogP contribution is 2.28. The fraction of sp³-hybridized carbons (Fsp3) is 0.533. The van der Waals surface area contributed by atoms with Crippen LogP contribution >= 0.6 is 0 Å². The van der Waals surface area contributed by atoms with E-state index in [9.17, 15) is 4.79 Å². The lowest BCUT2D eigenvalue weighted by atomic mass is 10.1. The molecule has 1 atom stereocenters. The van der Waals surface area contributed by atoms with Crippen LogP contribution in [0.1, 0.15) is 24.8 Å². The van der Waals surface area contributed by atoms with E-state index in [2.05, 4.69) is 34.5 Å². The predicted octanol–water partition coefficient (Wildman–Crippen LogP) is 1.29. The Kier molecular flexibility index (Phi) is 4.80. The van der Waals surface area contributed by atoms with Crippen molar-refractivity contribution in [2.75, 3.05) is 25.0 Å². The molecule has 104 valence electrons. The molecule has 0 fully saturated rings. The number of carbonyl (C=O) groups is 1. The lowest BCUT2D eigenvalue weighted by molar-refractivity contribution is -0.120. The third kappa shape index (κ3) is 3.26. The average molecular weight is 261 g/mol. The van der Waals surface area contributed by atoms with Gasteiger partial charge >= 0.3 is 0 Å². The number of aryl methyl sites for hydroxylation is 1. The van der Waals surface area contributed by atoms with E-state index in [1.165, 1.54) is 17.7 Å². The zero-order valence-electron chi connectivity index (χ0n) is 11.6. The van der Waals surface area contributed by atoms with Crippen molar-refractivity contribution < 1.29 is 4.79 Å². The third-order valence-electron chi connectivity index (χ3n) is 3.81. The second-order valence-electron chi connectivity index (χ2n) is 5.05. The van der Waals surface area contributed by atoms with E-state index < -0.39 is 0 Å². The van der Waals surface area contributed by atoms with Gasteiger partial charge in [0.05, 0.1) is 0 Å². The molecule has 0 saturated carbocycles. The molecule has 4 heteroatoms. The first-order valence-electron chi connectivity index (χ1n) is 7.01. The van der Waals surface area contributed by atoms with Gasteiger partial charge in [-0.1, -0.05) is 18.2 Å². The van der Waals surface area contributed by atoms with Crippen LogP contribution in [0, 0.1) is 0 Å². The number of amides is 1. The molecular weight excluding hydrogens is 238 g/mol. The van der Waals surface area contributed by atoms with E-state index in [0.29, 0.717) is 13.0 Å². The SMILES string of the molecule is CNC(=O)CC(CN)N1CCCCc2ccccc21. The number of benzene rings is 1. The summed E-state index contributed by atoms with van der Waals surface area (Å²) >= 11 is 0. The molecule has 0 aromatic heterocycles. The average Bonchev–Trinajstić information content (AvgIpc) is 2.67. The van der Waals surface area contributed by atoms with Crippen molar-refractivity contribution in [1.29, 1.82) is 0 Å². The van der Waals surface area contributed by atoms with Crippen LogP contribution in [-0.4, -0.2) is 32.1 Å². The van der Waals surface area contributed by atoms with Crippen LogP contribution in [-0.2, 0) is 11.2 Å². The molecular formula is C15H23N3O. The number of nitrogens with one attached hydrogen (secondary N) is 1. The number of rotatable bonds is 4. The molecule has 1 heterocycles. The molecule has 1 aliphatic rings. The molecule has 0 spiro atoms. The van der Waals surface area contributed by atoms with Gasteiger partial charge in [0, 0.05) is 38.3 Å². The summed E-state index contributed by atoms with van der Waals surface area (Å²) < 4.78 is 0. The van der Waals surface area contributed by atoms with E-state index in [-0.39, 0.29) is 11.9 Å². The van der Waals surface area contributed by atoms with Crippen LogP contribution in [0.2, 0.25) is 0 Å². The Balaban J connectivity index is 2.24. The molecule has 1 amide bonds. The van der Waals surface area contributed by atoms with Crippen LogP contribution in [0.5, 0.6) is 0 Å². The quantitative estimate of drug-likeness (QED) is 0.858. The standard InChI is InChI=1S/C15H23N3O/c1-17-15(19)10-13(11-16)18-9-5-4-7-12-6-2-3-8-14(12)18/h2-3,6,8,13H,4-5,7,9-11,16H2,1H3,(H,17,19). The van der Waals surface area contributed by atoms with Crippen molar-refractivity contribution in [3.8, 4) is 0 Å². The fourth-order valence-electron chi connectivity index (χ4n) is 2.74. The zero-order valence-corrected chi connectivity index (χ0v) is 11.6. The number of nitrogens with zero attached hydrogens (tertiary/aromatic N) is 1. The topological polar surface area (TPSA) is 58.4 Å². The summed E-state index contributed by atoms with van der Waals surface area (Å²) in [4.78, 5) is 13.9. The van der Waals surface area contributed by atoms with Gasteiger partial charge in [0.1, 0.15) is 0 Å². The molecule has 0 radical (unpaired) electrons. The highest BCUT2D eigenvalue weighted by Gasteiger charge is 2.23. The van der Waals surface area contributed by atoms with Crippen LogP contribution in [0.3, 0.4) is 0 Å². The number of anilines is 1. The molecule has 4 nitrogen and oxygen atoms in total. The fourth-order valence-corrected chi connectivity index (χ4v) is 2.74. The van der Waals surface area contributed by atoms with E-state index in [4.69, 9.17) is 5.73 Å². The Bertz CT molecular complexity index is 433. The maximum absolute atomic E-state index is 11.6. The number of carbonyl (C=O) groups excluding carboxylic acids is 1. The van der Waals surface area contributed by atoms with Crippen molar-refractivity contribution in [3.05, 3.63) is 29.8 Å². The van der Waals surface area contributed by atoms with Crippen molar-refractivity contribution in [2.24, 2.45) is 5.73 Å². The van der Waals surface area contributed by atoms with Crippen LogP contribution < -0.4 is 16.0 Å². The Labute approximate surface area is 115 Å². The summed E-state index contributed by atoms with van der Waals surface area (Å²) in [7, 11) is 1.67. The summed E-state index contributed by atoms with van der Waals surface area (Å²) in [5.41, 5.74) is 8.51. The van der Waals surface area contributed by atoms with E-state index in [1.54, 1.807) is 7.05 Å². The second kappa shape index (κ2) is 6.57. The Morgan fingerprint density at radius 2 is 2.21 bits per heavy atom. The summed E-state index contributed by atoms with van der Waals surface area (Å²) in [6.45, 7) is 1.48. The molecule has 1 unspecified atom stereocenters. The van der Waals surface area contributed by atoms with Crippen molar-refractivity contribution >= 4 is 11.6 Å². The highest BCUT2D eigenvalue weighted by atomic mass is 16.1. The smallest absolute Gasteiger partial charge is 0.221 e. The molecule has 0 saturated heterocycles. The lowest BCUT2D eigenvalue weighted by Gasteiger charge is -2.32. The lowest BCUT2D eigenvalue weighted by Crippen LogP contribution is -2.44. The molecule has 19 heavy (non-hydrogen) atoms. The third-order valence-corrected chi connectivity index (χ3v) is 3.81. The van der Waals surface area contributed by atoms with E-state index in [1.807, 2.05) is 0 Å². The Hall–Kier alpha value is -1.55. The zero-order chi connectivity index (χ0) is 13.7. The first-order valence-corrected chi connectivity index (χ1v) is 7.01. The van der Waals surface area contributed by atoms with Crippen molar-refractivity contribution in [3.63, 3.8) is 0 Å². The Morgan fingerprint density at radius 1 is 1.42 bits per heavy atom. The number of hydrogen-bond donors (Lipinski definition) is 2. The van der Waals surface area contributed by atoms with Crippen LogP contribution in [0.15, 0.2) is 24.3 Å². The minimum Gasteiger partial charge on any atom is -0.367 e. The summed E-state index contributed by atoms with van der Waals surface area (Å²) in [6.07, 6.45) is 3.93. The molecule has 2 rings (SSSR count). The van der Waals surface area contributed by atoms with Gasteiger partial charge in [0.2, 0.25) is 5.91 Å². The van der Waals surface area contributed by atoms with Crippen LogP contribution in [0.25, 0.3) is 0 Å². The number of para-hydroxylation sites is 1. The summed E-state index contributed by atoms with van der Waals surface area (Å²) in [6, 6.07) is 8.55. The van der Waals surface area contributed by atoms with Crippen LogP contribution in [0.4, 0.5) is 5.69 Å². The highest BCUT2D eigenvalue weighted by molar-refractivity contribution is 5.77. The van der Waals surface area contributed by atoms with Gasteiger partial charge < -0.3 is 16.0 Å². The number of fused-ring (bicyclic) bond motifs is 1. The van der Waals surface area contributed by atoms with E-state index in [0.717, 1.165) is 19.4 Å². The normalized spacial score (nSPS) is 16.4. The molecule has 1 aromatic carbocycles. The van der Waals surface area contributed by atoms with Gasteiger partial charge in [-0.3, -0.25) is 4.79 Å². The van der Waals surface area contributed by atoms with Gasteiger partial charge in [-0.05, 0) is 30.9 Å². The van der Waals surface area contributed by atoms with Gasteiger partial charge in [0.15, 0.2) is 0 Å². The summed E-state index contributed by atoms with van der Waals surface area (Å²) in [5.74, 6) is 0.0529. The minimum absolute atomic E-state index is 0.0529. The summed E-state index contributed by atoms with van der Waals surface area (Å²) in [5, 5.41) is 2.69. The molecule has 3 N–H and O–H groups in total. The number of hydrogen-bond acceptors (Lipinski definition) is 3. The van der Waals surface area contributed by atoms with E-state index >= 15 is 0 Å². The van der Waals surface area contributed by atoms with Gasteiger partial charge in [-0.2, -0.15) is 0 Å². The van der Waals surface area contributed by atoms with Crippen molar-refractivity contribution in [1.82, 2.24) is 5.32 Å². The van der Waals surface area contributed by atoms with Gasteiger partial charge in [-0.15, -0.1) is 0 Å². The van der Waals surface area contributed by atoms with Crippen molar-refractivity contribution in [2.45, 2.75) is 31.7 Å². The van der Waals surface area contributed by atoms with Gasteiger partial charge in [0.25, 0.3) is 0 Å². The maximum atomic E-state index is 11.6. The molecule has 0 bridgehead atoms.